The Morgan fingerprint density at radius 2 is 1.82 bits per heavy atom. The zero-order chi connectivity index (χ0) is 26.6. The molecule has 0 radical (unpaired) electrons. The molecule has 0 atom stereocenters. The molecular weight excluding hydrogens is 520 g/mol. The number of thioether (sulfide) groups is 1. The molecule has 4 aromatic carbocycles. The molecule has 1 amide bonds. The maximum absolute atomic E-state index is 13.5. The Bertz CT molecular complexity index is 1700. The molecule has 0 aliphatic heterocycles. The Morgan fingerprint density at radius 1 is 1.03 bits per heavy atom. The van der Waals surface area contributed by atoms with E-state index in [1.54, 1.807) is 72.3 Å². The van der Waals surface area contributed by atoms with Crippen molar-refractivity contribution in [3.63, 3.8) is 0 Å². The Kier molecular flexibility index (Phi) is 7.35. The van der Waals surface area contributed by atoms with E-state index < -0.39 is 0 Å². The van der Waals surface area contributed by atoms with Gasteiger partial charge in [0.05, 0.1) is 35.1 Å². The van der Waals surface area contributed by atoms with Crippen molar-refractivity contribution < 1.29 is 9.53 Å². The van der Waals surface area contributed by atoms with Crippen molar-refractivity contribution in [3.05, 3.63) is 117 Å². The number of rotatable bonds is 7. The molecule has 9 heteroatoms. The van der Waals surface area contributed by atoms with Crippen molar-refractivity contribution in [2.75, 3.05) is 18.2 Å². The molecule has 5 aromatic rings. The Labute approximate surface area is 228 Å². The van der Waals surface area contributed by atoms with Crippen LogP contribution in [0.4, 0.5) is 11.4 Å². The fraction of sp³-hybridized carbons (Fsp3) is 0.0690. The van der Waals surface area contributed by atoms with Crippen LogP contribution < -0.4 is 21.3 Å². The lowest BCUT2D eigenvalue weighted by Crippen LogP contribution is -2.21. The van der Waals surface area contributed by atoms with Gasteiger partial charge in [-0.25, -0.2) is 4.98 Å². The van der Waals surface area contributed by atoms with Gasteiger partial charge in [-0.1, -0.05) is 53.7 Å². The second-order valence-corrected chi connectivity index (χ2v) is 9.80. The van der Waals surface area contributed by atoms with Crippen LogP contribution in [-0.4, -0.2) is 22.6 Å². The first-order valence-electron chi connectivity index (χ1n) is 11.7. The number of fused-ring (bicyclic) bond motifs is 1. The number of ether oxygens (including phenoxy) is 1. The Balaban J connectivity index is 1.42. The number of halogens is 1. The van der Waals surface area contributed by atoms with Gasteiger partial charge in [0.15, 0.2) is 5.16 Å². The van der Waals surface area contributed by atoms with Gasteiger partial charge >= 0.3 is 0 Å². The van der Waals surface area contributed by atoms with Gasteiger partial charge in [-0.2, -0.15) is 0 Å². The number of benzene rings is 4. The number of carbonyl (C=O) groups is 1. The number of para-hydroxylation sites is 2. The number of amides is 1. The van der Waals surface area contributed by atoms with Crippen LogP contribution in [0.15, 0.2) is 101 Å². The number of nitrogen functional groups attached to an aromatic ring is 1. The third kappa shape index (κ3) is 5.37. The summed E-state index contributed by atoms with van der Waals surface area (Å²) >= 11 is 7.64. The van der Waals surface area contributed by atoms with Crippen LogP contribution in [0.5, 0.6) is 5.75 Å². The average molecular weight is 543 g/mol. The number of methoxy groups -OCH3 is 1. The number of nitrogens with zero attached hydrogens (tertiary/aromatic N) is 2. The summed E-state index contributed by atoms with van der Waals surface area (Å²) in [7, 11) is 1.57. The molecule has 0 saturated heterocycles. The van der Waals surface area contributed by atoms with E-state index >= 15 is 0 Å². The van der Waals surface area contributed by atoms with E-state index in [1.807, 2.05) is 30.3 Å². The van der Waals surface area contributed by atoms with Crippen LogP contribution in [0.25, 0.3) is 16.6 Å². The summed E-state index contributed by atoms with van der Waals surface area (Å²) in [5, 5.41) is 4.34. The van der Waals surface area contributed by atoms with Gasteiger partial charge in [0.2, 0.25) is 0 Å². The molecule has 0 unspecified atom stereocenters. The lowest BCUT2D eigenvalue weighted by molar-refractivity contribution is 0.102. The number of nitrogens with two attached hydrogens (primary N) is 1. The largest absolute Gasteiger partial charge is 0.497 e. The minimum Gasteiger partial charge on any atom is -0.497 e. The fourth-order valence-electron chi connectivity index (χ4n) is 3.92. The van der Waals surface area contributed by atoms with E-state index in [-0.39, 0.29) is 11.5 Å². The molecule has 0 aliphatic carbocycles. The van der Waals surface area contributed by atoms with Crippen molar-refractivity contribution in [1.29, 1.82) is 0 Å². The monoisotopic (exact) mass is 542 g/mol. The highest BCUT2D eigenvalue weighted by Gasteiger charge is 2.15. The molecule has 38 heavy (non-hydrogen) atoms. The highest BCUT2D eigenvalue weighted by Crippen LogP contribution is 2.27. The normalized spacial score (nSPS) is 10.9. The van der Waals surface area contributed by atoms with Gasteiger partial charge in [0.25, 0.3) is 11.5 Å². The van der Waals surface area contributed by atoms with Crippen LogP contribution >= 0.6 is 23.4 Å². The number of hydrogen-bond donors (Lipinski definition) is 2. The van der Waals surface area contributed by atoms with Crippen molar-refractivity contribution in [2.45, 2.75) is 10.9 Å². The third-order valence-electron chi connectivity index (χ3n) is 5.91. The summed E-state index contributed by atoms with van der Waals surface area (Å²) < 4.78 is 6.89. The van der Waals surface area contributed by atoms with Crippen LogP contribution in [0.2, 0.25) is 5.02 Å². The Hall–Kier alpha value is -4.27. The van der Waals surface area contributed by atoms with Gasteiger partial charge in [-0.05, 0) is 60.2 Å². The molecule has 0 saturated carbocycles. The SMILES string of the molecule is COc1ccc2c(=O)n(-c3cccc(Cl)c3)c(SCc3ccc(C(=O)Nc4ccccc4N)cc3)nc2c1. The second kappa shape index (κ2) is 11.0. The van der Waals surface area contributed by atoms with Gasteiger partial charge in [-0.15, -0.1) is 0 Å². The molecule has 5 rings (SSSR count). The first-order chi connectivity index (χ1) is 18.4. The fourth-order valence-corrected chi connectivity index (χ4v) is 5.07. The van der Waals surface area contributed by atoms with E-state index in [2.05, 4.69) is 5.32 Å². The lowest BCUT2D eigenvalue weighted by Gasteiger charge is -2.14. The summed E-state index contributed by atoms with van der Waals surface area (Å²) in [6, 6.07) is 26.7. The molecular formula is C29H23ClN4O3S. The molecule has 3 N–H and O–H groups in total. The maximum atomic E-state index is 13.5. The van der Waals surface area contributed by atoms with Crippen molar-refractivity contribution in [3.8, 4) is 11.4 Å². The van der Waals surface area contributed by atoms with Gasteiger partial charge < -0.3 is 15.8 Å². The molecule has 0 aliphatic rings. The predicted octanol–water partition coefficient (Wildman–Crippen LogP) is 6.17. The highest BCUT2D eigenvalue weighted by molar-refractivity contribution is 7.98. The van der Waals surface area contributed by atoms with Crippen molar-refractivity contribution in [2.24, 2.45) is 0 Å². The summed E-state index contributed by atoms with van der Waals surface area (Å²) in [6.07, 6.45) is 0. The average Bonchev–Trinajstić information content (AvgIpc) is 2.93. The zero-order valence-corrected chi connectivity index (χ0v) is 21.9. The summed E-state index contributed by atoms with van der Waals surface area (Å²) in [5.74, 6) is 0.893. The quantitative estimate of drug-likeness (QED) is 0.145. The summed E-state index contributed by atoms with van der Waals surface area (Å²) in [5.41, 5.74) is 9.43. The van der Waals surface area contributed by atoms with E-state index in [0.29, 0.717) is 55.2 Å². The minimum absolute atomic E-state index is 0.199. The number of anilines is 2. The van der Waals surface area contributed by atoms with Crippen molar-refractivity contribution in [1.82, 2.24) is 9.55 Å². The molecule has 7 nitrogen and oxygen atoms in total. The highest BCUT2D eigenvalue weighted by atomic mass is 35.5. The van der Waals surface area contributed by atoms with E-state index in [4.69, 9.17) is 27.1 Å². The van der Waals surface area contributed by atoms with E-state index in [1.165, 1.54) is 11.8 Å². The number of nitrogens with one attached hydrogen (secondary N) is 1. The Morgan fingerprint density at radius 3 is 2.55 bits per heavy atom. The van der Waals surface area contributed by atoms with Gasteiger partial charge in [0.1, 0.15) is 5.75 Å². The van der Waals surface area contributed by atoms with Crippen LogP contribution in [0, 0.1) is 0 Å². The van der Waals surface area contributed by atoms with Gasteiger partial charge in [0, 0.05) is 22.4 Å². The minimum atomic E-state index is -0.248. The molecule has 1 heterocycles. The first kappa shape index (κ1) is 25.4. The van der Waals surface area contributed by atoms with Gasteiger partial charge in [-0.3, -0.25) is 14.2 Å². The third-order valence-corrected chi connectivity index (χ3v) is 7.15. The van der Waals surface area contributed by atoms with Crippen LogP contribution in [0.3, 0.4) is 0 Å². The standard InChI is InChI=1S/C29H23ClN4O3S/c1-37-22-13-14-23-26(16-22)33-29(34(28(23)36)21-6-4-5-20(30)15-21)38-17-18-9-11-19(12-10-18)27(35)32-25-8-3-2-7-24(25)31/h2-16H,17,31H2,1H3,(H,32,35). The summed E-state index contributed by atoms with van der Waals surface area (Å²) in [6.45, 7) is 0. The van der Waals surface area contributed by atoms with Crippen LogP contribution in [-0.2, 0) is 5.75 Å². The number of carbonyl (C=O) groups excluding carboxylic acids is 1. The summed E-state index contributed by atoms with van der Waals surface area (Å²) in [4.78, 5) is 31.0. The van der Waals surface area contributed by atoms with E-state index in [0.717, 1.165) is 5.56 Å². The maximum Gasteiger partial charge on any atom is 0.266 e. The number of hydrogen-bond acceptors (Lipinski definition) is 6. The molecule has 0 bridgehead atoms. The zero-order valence-electron chi connectivity index (χ0n) is 20.4. The molecule has 1 aromatic heterocycles. The smallest absolute Gasteiger partial charge is 0.266 e. The topological polar surface area (TPSA) is 99.2 Å². The molecule has 0 fully saturated rings. The predicted molar refractivity (Wildman–Crippen MR) is 154 cm³/mol. The van der Waals surface area contributed by atoms with Crippen molar-refractivity contribution >= 4 is 51.5 Å². The van der Waals surface area contributed by atoms with Crippen LogP contribution in [0.1, 0.15) is 15.9 Å². The lowest BCUT2D eigenvalue weighted by atomic mass is 10.1. The molecule has 0 spiro atoms. The number of aromatic nitrogens is 2. The molecule has 190 valence electrons. The second-order valence-electron chi connectivity index (χ2n) is 8.42. The van der Waals surface area contributed by atoms with E-state index in [9.17, 15) is 9.59 Å². The first-order valence-corrected chi connectivity index (χ1v) is 13.0.